The maximum atomic E-state index is 12.5. The van der Waals surface area contributed by atoms with Crippen molar-refractivity contribution in [2.75, 3.05) is 5.32 Å². The molecule has 0 spiro atoms. The summed E-state index contributed by atoms with van der Waals surface area (Å²) in [5.74, 6) is 0.339. The summed E-state index contributed by atoms with van der Waals surface area (Å²) in [5, 5.41) is 5.98. The van der Waals surface area contributed by atoms with Crippen LogP contribution < -0.4 is 10.1 Å². The van der Waals surface area contributed by atoms with Crippen molar-refractivity contribution in [3.63, 3.8) is 0 Å². The van der Waals surface area contributed by atoms with Crippen molar-refractivity contribution in [3.8, 4) is 5.75 Å². The number of nitrogens with one attached hydrogen (secondary N) is 1. The van der Waals surface area contributed by atoms with E-state index in [1.165, 1.54) is 11.3 Å². The van der Waals surface area contributed by atoms with E-state index in [-0.39, 0.29) is 11.3 Å². The van der Waals surface area contributed by atoms with E-state index in [0.717, 1.165) is 5.69 Å². The van der Waals surface area contributed by atoms with Gasteiger partial charge in [0.2, 0.25) is 0 Å². The number of hydrogen-bond donors (Lipinski definition) is 1. The first-order chi connectivity index (χ1) is 10.6. The maximum Gasteiger partial charge on any atom is 0.269 e. The van der Waals surface area contributed by atoms with Crippen LogP contribution >= 0.6 is 22.9 Å². The number of rotatable bonds is 4. The predicted octanol–water partition coefficient (Wildman–Crippen LogP) is 4.89. The summed E-state index contributed by atoms with van der Waals surface area (Å²) >= 11 is 7.26. The minimum Gasteiger partial charge on any atom is -0.478 e. The number of carbonyl (C=O) groups is 1. The summed E-state index contributed by atoms with van der Waals surface area (Å²) in [4.78, 5) is 16.9. The first kappa shape index (κ1) is 17.8. The molecular weight excluding hydrogens is 332 g/mol. The van der Waals surface area contributed by atoms with Gasteiger partial charge in [-0.15, -0.1) is 11.3 Å². The Balaban J connectivity index is 2.06. The monoisotopic (exact) mass is 352 g/mol. The molecule has 0 fully saturated rings. The number of anilines is 1. The molecule has 0 saturated heterocycles. The lowest BCUT2D eigenvalue weighted by Gasteiger charge is -2.24. The lowest BCUT2D eigenvalue weighted by Crippen LogP contribution is -2.42. The molecule has 0 atom stereocenters. The van der Waals surface area contributed by atoms with Crippen LogP contribution in [-0.4, -0.2) is 16.5 Å². The van der Waals surface area contributed by atoms with Gasteiger partial charge in [0.1, 0.15) is 5.75 Å². The van der Waals surface area contributed by atoms with Gasteiger partial charge in [0.25, 0.3) is 5.91 Å². The second-order valence-corrected chi connectivity index (χ2v) is 8.10. The van der Waals surface area contributed by atoms with E-state index in [1.54, 1.807) is 38.1 Å². The smallest absolute Gasteiger partial charge is 0.269 e. The average molecular weight is 353 g/mol. The van der Waals surface area contributed by atoms with Gasteiger partial charge >= 0.3 is 0 Å². The number of hydrogen-bond acceptors (Lipinski definition) is 4. The molecule has 0 bridgehead atoms. The molecule has 2 aromatic rings. The quantitative estimate of drug-likeness (QED) is 0.852. The van der Waals surface area contributed by atoms with Crippen LogP contribution in [-0.2, 0) is 10.2 Å². The first-order valence-electron chi connectivity index (χ1n) is 7.30. The topological polar surface area (TPSA) is 51.2 Å². The summed E-state index contributed by atoms with van der Waals surface area (Å²) in [6, 6.07) is 6.92. The van der Waals surface area contributed by atoms with E-state index >= 15 is 0 Å². The van der Waals surface area contributed by atoms with E-state index in [4.69, 9.17) is 16.3 Å². The van der Waals surface area contributed by atoms with Gasteiger partial charge in [-0.25, -0.2) is 4.98 Å². The molecule has 1 heterocycles. The molecule has 0 aliphatic heterocycles. The molecule has 0 aliphatic rings. The van der Waals surface area contributed by atoms with Crippen molar-refractivity contribution >= 4 is 34.0 Å². The Morgan fingerprint density at radius 1 is 1.17 bits per heavy atom. The highest BCUT2D eigenvalue weighted by Crippen LogP contribution is 2.27. The molecular formula is C17H21ClN2O2S. The van der Waals surface area contributed by atoms with E-state index in [2.05, 4.69) is 31.1 Å². The molecule has 1 N–H and O–H groups in total. The van der Waals surface area contributed by atoms with Crippen LogP contribution in [0.25, 0.3) is 0 Å². The van der Waals surface area contributed by atoms with Crippen LogP contribution in [0.15, 0.2) is 29.6 Å². The highest BCUT2D eigenvalue weighted by Gasteiger charge is 2.31. The minimum absolute atomic E-state index is 0.0468. The van der Waals surface area contributed by atoms with E-state index in [0.29, 0.717) is 15.9 Å². The highest BCUT2D eigenvalue weighted by atomic mass is 35.5. The molecule has 0 saturated carbocycles. The summed E-state index contributed by atoms with van der Waals surface area (Å²) in [7, 11) is 0. The normalized spacial score (nSPS) is 12.1. The van der Waals surface area contributed by atoms with Crippen LogP contribution in [0.4, 0.5) is 5.13 Å². The van der Waals surface area contributed by atoms with Gasteiger partial charge in [-0.2, -0.15) is 0 Å². The van der Waals surface area contributed by atoms with Crippen LogP contribution in [0.5, 0.6) is 5.75 Å². The molecule has 23 heavy (non-hydrogen) atoms. The Morgan fingerprint density at radius 2 is 1.78 bits per heavy atom. The van der Waals surface area contributed by atoms with E-state index in [1.807, 2.05) is 5.38 Å². The number of carbonyl (C=O) groups excluding carboxylic acids is 1. The molecule has 1 amide bonds. The highest BCUT2D eigenvalue weighted by molar-refractivity contribution is 7.14. The second kappa shape index (κ2) is 6.49. The number of aromatic nitrogens is 1. The number of thiazole rings is 1. The summed E-state index contributed by atoms with van der Waals surface area (Å²) in [5.41, 5.74) is -0.120. The third kappa shape index (κ3) is 4.69. The Hall–Kier alpha value is -1.59. The zero-order valence-corrected chi connectivity index (χ0v) is 15.5. The van der Waals surface area contributed by atoms with E-state index < -0.39 is 5.60 Å². The van der Waals surface area contributed by atoms with Crippen LogP contribution in [0, 0.1) is 0 Å². The molecule has 1 aromatic heterocycles. The lowest BCUT2D eigenvalue weighted by atomic mass is 9.93. The Labute approximate surface area is 145 Å². The van der Waals surface area contributed by atoms with E-state index in [9.17, 15) is 4.79 Å². The van der Waals surface area contributed by atoms with Crippen molar-refractivity contribution in [1.29, 1.82) is 0 Å². The maximum absolute atomic E-state index is 12.5. The molecule has 6 heteroatoms. The van der Waals surface area contributed by atoms with Gasteiger partial charge < -0.3 is 4.74 Å². The Morgan fingerprint density at radius 3 is 2.30 bits per heavy atom. The third-order valence-corrected chi connectivity index (χ3v) is 4.24. The Bertz CT molecular complexity index is 687. The molecule has 1 aromatic carbocycles. The van der Waals surface area contributed by atoms with Crippen molar-refractivity contribution in [3.05, 3.63) is 40.4 Å². The zero-order chi connectivity index (χ0) is 17.3. The van der Waals surface area contributed by atoms with Gasteiger partial charge in [0.15, 0.2) is 10.7 Å². The molecule has 0 radical (unpaired) electrons. The van der Waals surface area contributed by atoms with Crippen molar-refractivity contribution in [2.24, 2.45) is 0 Å². The molecule has 2 rings (SSSR count). The summed E-state index contributed by atoms with van der Waals surface area (Å²) in [6.45, 7) is 9.69. The number of nitrogens with zero attached hydrogens (tertiary/aromatic N) is 1. The van der Waals surface area contributed by atoms with Crippen molar-refractivity contribution in [2.45, 2.75) is 45.6 Å². The van der Waals surface area contributed by atoms with Crippen LogP contribution in [0.1, 0.15) is 40.3 Å². The van der Waals surface area contributed by atoms with Gasteiger partial charge in [-0.05, 0) is 38.1 Å². The molecule has 124 valence electrons. The lowest BCUT2D eigenvalue weighted by molar-refractivity contribution is -0.128. The number of benzene rings is 1. The Kier molecular flexibility index (Phi) is 5.01. The second-order valence-electron chi connectivity index (χ2n) is 6.81. The predicted molar refractivity (Wildman–Crippen MR) is 95.6 cm³/mol. The number of ether oxygens (including phenoxy) is 1. The van der Waals surface area contributed by atoms with Gasteiger partial charge in [-0.1, -0.05) is 32.4 Å². The number of amides is 1. The molecule has 0 unspecified atom stereocenters. The molecule has 4 nitrogen and oxygen atoms in total. The minimum atomic E-state index is -1.03. The molecule has 0 aliphatic carbocycles. The summed E-state index contributed by atoms with van der Waals surface area (Å²) < 4.78 is 5.77. The first-order valence-corrected chi connectivity index (χ1v) is 8.56. The standard InChI is InChI=1S/C17H21ClN2O2S/c1-16(2,3)13-10-23-15(19-13)20-14(21)17(4,5)22-12-8-6-11(18)7-9-12/h6-10H,1-5H3,(H,19,20,21). The van der Waals surface area contributed by atoms with Crippen LogP contribution in [0.2, 0.25) is 5.02 Å². The summed E-state index contributed by atoms with van der Waals surface area (Å²) in [6.07, 6.45) is 0. The fraction of sp³-hybridized carbons (Fsp3) is 0.412. The fourth-order valence-corrected chi connectivity index (χ4v) is 2.83. The van der Waals surface area contributed by atoms with Crippen LogP contribution in [0.3, 0.4) is 0 Å². The SMILES string of the molecule is CC(C)(Oc1ccc(Cl)cc1)C(=O)Nc1nc(C(C)(C)C)cs1. The van der Waals surface area contributed by atoms with Gasteiger partial charge in [-0.3, -0.25) is 10.1 Å². The van der Waals surface area contributed by atoms with Crippen molar-refractivity contribution < 1.29 is 9.53 Å². The zero-order valence-electron chi connectivity index (χ0n) is 13.9. The van der Waals surface area contributed by atoms with Gasteiger partial charge in [0.05, 0.1) is 5.69 Å². The van der Waals surface area contributed by atoms with Gasteiger partial charge in [0, 0.05) is 15.8 Å². The fourth-order valence-electron chi connectivity index (χ4n) is 1.77. The third-order valence-electron chi connectivity index (χ3n) is 3.23. The number of halogens is 1. The van der Waals surface area contributed by atoms with Crippen molar-refractivity contribution in [1.82, 2.24) is 4.98 Å². The largest absolute Gasteiger partial charge is 0.478 e. The average Bonchev–Trinajstić information content (AvgIpc) is 2.89.